The van der Waals surface area contributed by atoms with Crippen molar-refractivity contribution in [2.75, 3.05) is 20.3 Å². The number of ether oxygens (including phenoxy) is 5. The minimum absolute atomic E-state index is 0.143. The van der Waals surface area contributed by atoms with Crippen LogP contribution in [0.25, 0.3) is 0 Å². The van der Waals surface area contributed by atoms with E-state index in [2.05, 4.69) is 19.9 Å². The van der Waals surface area contributed by atoms with Gasteiger partial charge in [-0.1, -0.05) is 25.5 Å². The summed E-state index contributed by atoms with van der Waals surface area (Å²) < 4.78 is 29.3. The molecule has 8 heteroatoms. The third-order valence-corrected chi connectivity index (χ3v) is 11.8. The number of methoxy groups -OCH3 is 1. The van der Waals surface area contributed by atoms with E-state index in [9.17, 15) is 15.0 Å². The normalized spacial score (nSPS) is 54.6. The summed E-state index contributed by atoms with van der Waals surface area (Å²) in [5.74, 6) is -1.20. The van der Waals surface area contributed by atoms with Gasteiger partial charge in [0, 0.05) is 25.0 Å². The van der Waals surface area contributed by atoms with Crippen LogP contribution < -0.4 is 0 Å². The first-order valence-corrected chi connectivity index (χ1v) is 14.1. The van der Waals surface area contributed by atoms with Crippen LogP contribution in [-0.2, 0) is 28.5 Å². The van der Waals surface area contributed by atoms with Crippen LogP contribution in [0, 0.1) is 28.6 Å². The van der Waals surface area contributed by atoms with Gasteiger partial charge < -0.3 is 33.9 Å². The Labute approximate surface area is 218 Å². The summed E-state index contributed by atoms with van der Waals surface area (Å²) in [5.41, 5.74) is 1.27. The van der Waals surface area contributed by atoms with E-state index >= 15 is 0 Å². The maximum Gasteiger partial charge on any atom is 0.331 e. The Hall–Kier alpha value is -1.29. The predicted octanol–water partition coefficient (Wildman–Crippen LogP) is 3.01. The Morgan fingerprint density at radius 3 is 2.68 bits per heavy atom. The summed E-state index contributed by atoms with van der Waals surface area (Å²) >= 11 is 0. The largest absolute Gasteiger partial charge is 0.458 e. The SMILES string of the molecule is CO[C@H]1CCO[C@H]2OC3C=C4CCC5C(CC[C@]6(C)[C@@H](C7=CC(=O)OC7)CC[C@]56O)[C@@]4(C)C[C@H]3O[C@]21O. The zero-order valence-electron chi connectivity index (χ0n) is 22.1. The van der Waals surface area contributed by atoms with Crippen LogP contribution in [0.2, 0.25) is 0 Å². The van der Waals surface area contributed by atoms with E-state index in [1.165, 1.54) is 5.57 Å². The van der Waals surface area contributed by atoms with Crippen LogP contribution >= 0.6 is 0 Å². The number of carbonyl (C=O) groups excluding carboxylic acids is 1. The van der Waals surface area contributed by atoms with E-state index in [1.54, 1.807) is 13.2 Å². The lowest BCUT2D eigenvalue weighted by Crippen LogP contribution is -2.68. The van der Waals surface area contributed by atoms with Gasteiger partial charge in [0.2, 0.25) is 12.1 Å². The van der Waals surface area contributed by atoms with Gasteiger partial charge in [-0.05, 0) is 73.7 Å². The van der Waals surface area contributed by atoms with Crippen molar-refractivity contribution in [3.63, 3.8) is 0 Å². The van der Waals surface area contributed by atoms with Crippen molar-refractivity contribution in [3.8, 4) is 0 Å². The van der Waals surface area contributed by atoms with Crippen LogP contribution in [-0.4, -0.2) is 72.5 Å². The number of aliphatic hydroxyl groups is 2. The summed E-state index contributed by atoms with van der Waals surface area (Å²) in [4.78, 5) is 11.8. The van der Waals surface area contributed by atoms with Crippen molar-refractivity contribution >= 4 is 5.97 Å². The average molecular weight is 517 g/mol. The molecule has 3 unspecified atom stereocenters. The molecule has 3 saturated carbocycles. The molecule has 7 rings (SSSR count). The third-order valence-electron chi connectivity index (χ3n) is 11.8. The zero-order chi connectivity index (χ0) is 25.8. The molecule has 0 aromatic heterocycles. The number of cyclic esters (lactones) is 1. The summed E-state index contributed by atoms with van der Waals surface area (Å²) in [6.45, 7) is 5.40. The van der Waals surface area contributed by atoms with Crippen LogP contribution in [0.5, 0.6) is 0 Å². The number of carbonyl (C=O) groups is 1. The molecule has 8 nitrogen and oxygen atoms in total. The summed E-state index contributed by atoms with van der Waals surface area (Å²) in [6.07, 6.45) is 8.71. The van der Waals surface area contributed by atoms with Crippen LogP contribution in [0.4, 0.5) is 0 Å². The molecule has 0 bridgehead atoms. The summed E-state index contributed by atoms with van der Waals surface area (Å²) in [5, 5.41) is 23.9. The Morgan fingerprint density at radius 1 is 1.08 bits per heavy atom. The molecule has 0 aromatic carbocycles. The maximum absolute atomic E-state index is 12.5. The highest BCUT2D eigenvalue weighted by Crippen LogP contribution is 2.69. The Morgan fingerprint density at radius 2 is 1.92 bits per heavy atom. The summed E-state index contributed by atoms with van der Waals surface area (Å²) in [6, 6.07) is 0. The first kappa shape index (κ1) is 24.7. The molecule has 2 saturated heterocycles. The fraction of sp³-hybridized carbons (Fsp3) is 0.828. The van der Waals surface area contributed by atoms with E-state index in [0.717, 1.165) is 50.5 Å². The molecule has 3 aliphatic heterocycles. The monoisotopic (exact) mass is 516 g/mol. The molecule has 37 heavy (non-hydrogen) atoms. The number of allylic oxidation sites excluding steroid dienone is 1. The van der Waals surface area contributed by atoms with Crippen molar-refractivity contribution < 1.29 is 38.7 Å². The van der Waals surface area contributed by atoms with Crippen molar-refractivity contribution in [2.24, 2.45) is 28.6 Å². The van der Waals surface area contributed by atoms with Gasteiger partial charge in [-0.2, -0.15) is 0 Å². The van der Waals surface area contributed by atoms with E-state index < -0.39 is 23.8 Å². The Bertz CT molecular complexity index is 1050. The van der Waals surface area contributed by atoms with E-state index in [-0.39, 0.29) is 40.8 Å². The summed E-state index contributed by atoms with van der Waals surface area (Å²) in [7, 11) is 1.59. The quantitative estimate of drug-likeness (QED) is 0.427. The number of hydrogen-bond donors (Lipinski definition) is 2. The molecule has 11 atom stereocenters. The number of fused-ring (bicyclic) bond motifs is 7. The van der Waals surface area contributed by atoms with E-state index in [1.807, 2.05) is 0 Å². The molecule has 0 amide bonds. The van der Waals surface area contributed by atoms with Crippen molar-refractivity contribution in [1.29, 1.82) is 0 Å². The molecule has 0 aromatic rings. The maximum atomic E-state index is 12.5. The second-order valence-electron chi connectivity index (χ2n) is 13.1. The second kappa shape index (κ2) is 8.12. The Balaban J connectivity index is 1.18. The molecule has 0 spiro atoms. The molecular weight excluding hydrogens is 476 g/mol. The molecule has 0 radical (unpaired) electrons. The third kappa shape index (κ3) is 3.20. The highest BCUT2D eigenvalue weighted by molar-refractivity contribution is 5.85. The fourth-order valence-corrected chi connectivity index (χ4v) is 9.81. The van der Waals surface area contributed by atoms with Gasteiger partial charge in [-0.25, -0.2) is 4.79 Å². The first-order valence-electron chi connectivity index (χ1n) is 14.1. The van der Waals surface area contributed by atoms with Gasteiger partial charge >= 0.3 is 5.97 Å². The zero-order valence-corrected chi connectivity index (χ0v) is 22.1. The van der Waals surface area contributed by atoms with Gasteiger partial charge in [0.1, 0.15) is 18.8 Å². The smallest absolute Gasteiger partial charge is 0.331 e. The van der Waals surface area contributed by atoms with Crippen LogP contribution in [0.1, 0.15) is 65.2 Å². The molecular formula is C29H40O8. The van der Waals surface area contributed by atoms with Gasteiger partial charge in [-0.3, -0.25) is 0 Å². The lowest BCUT2D eigenvalue weighted by atomic mass is 9.45. The minimum Gasteiger partial charge on any atom is -0.458 e. The lowest BCUT2D eigenvalue weighted by molar-refractivity contribution is -0.442. The highest BCUT2D eigenvalue weighted by Gasteiger charge is 2.68. The van der Waals surface area contributed by atoms with Gasteiger partial charge in [-0.15, -0.1) is 0 Å². The topological polar surface area (TPSA) is 104 Å². The lowest BCUT2D eigenvalue weighted by Gasteiger charge is -2.63. The molecule has 3 heterocycles. The van der Waals surface area contributed by atoms with E-state index in [0.29, 0.717) is 25.6 Å². The fourth-order valence-electron chi connectivity index (χ4n) is 9.81. The van der Waals surface area contributed by atoms with Crippen molar-refractivity contribution in [1.82, 2.24) is 0 Å². The van der Waals surface area contributed by atoms with Gasteiger partial charge in [0.05, 0.1) is 18.3 Å². The van der Waals surface area contributed by atoms with Gasteiger partial charge in [0.25, 0.3) is 0 Å². The first-order chi connectivity index (χ1) is 17.6. The van der Waals surface area contributed by atoms with Crippen molar-refractivity contribution in [2.45, 2.75) is 101 Å². The highest BCUT2D eigenvalue weighted by atomic mass is 16.8. The molecule has 5 fully saturated rings. The average Bonchev–Trinajstić information content (AvgIpc) is 3.40. The number of rotatable bonds is 2. The minimum atomic E-state index is -1.62. The van der Waals surface area contributed by atoms with Gasteiger partial charge in [0.15, 0.2) is 0 Å². The van der Waals surface area contributed by atoms with Crippen LogP contribution in [0.3, 0.4) is 0 Å². The Kier molecular flexibility index (Phi) is 5.42. The molecule has 2 N–H and O–H groups in total. The number of esters is 1. The molecule has 204 valence electrons. The molecule has 4 aliphatic carbocycles. The second-order valence-corrected chi connectivity index (χ2v) is 13.1. The number of hydrogen-bond acceptors (Lipinski definition) is 8. The standard InChI is InChI=1S/C29H40O8/c1-26-14-22-21(36-25-29(32,37-22)23(33-3)8-11-34-25)13-17(26)4-5-20-19(26)6-9-27(2)18(7-10-28(20,27)31)16-12-24(30)35-15-16/h12-13,18-23,25,31-32H,4-11,14-15H2,1-3H3/t18-,19?,20?,21?,22-,23+,25+,26+,27-,28+,29+/m1/s1. The van der Waals surface area contributed by atoms with Crippen molar-refractivity contribution in [3.05, 3.63) is 23.3 Å². The van der Waals surface area contributed by atoms with E-state index in [4.69, 9.17) is 23.7 Å². The molecule has 7 aliphatic rings. The predicted molar refractivity (Wildman–Crippen MR) is 131 cm³/mol. The van der Waals surface area contributed by atoms with Crippen LogP contribution in [0.15, 0.2) is 23.3 Å².